The van der Waals surface area contributed by atoms with Gasteiger partial charge in [0.15, 0.2) is 11.5 Å². The Kier molecular flexibility index (Phi) is 4.48. The number of amides is 1. The van der Waals surface area contributed by atoms with Crippen molar-refractivity contribution in [1.82, 2.24) is 4.90 Å². The van der Waals surface area contributed by atoms with Crippen LogP contribution in [0, 0.1) is 0 Å². The number of hydrogen-bond donors (Lipinski definition) is 0. The number of ether oxygens (including phenoxy) is 2. The number of hydrogen-bond acceptors (Lipinski definition) is 3. The first-order valence-corrected chi connectivity index (χ1v) is 9.04. The largest absolute Gasteiger partial charge is 0.486 e. The molecule has 2 aromatic carbocycles. The highest BCUT2D eigenvalue weighted by atomic mass is 35.5. The Morgan fingerprint density at radius 2 is 1.80 bits per heavy atom. The van der Waals surface area contributed by atoms with Crippen LogP contribution in [-0.2, 0) is 0 Å². The van der Waals surface area contributed by atoms with Crippen LogP contribution in [0.25, 0.3) is 0 Å². The molecule has 2 aromatic rings. The smallest absolute Gasteiger partial charge is 0.254 e. The van der Waals surface area contributed by atoms with Crippen LogP contribution in [0.2, 0.25) is 10.0 Å². The summed E-state index contributed by atoms with van der Waals surface area (Å²) in [4.78, 5) is 14.9. The Balaban J connectivity index is 1.61. The molecule has 0 spiro atoms. The van der Waals surface area contributed by atoms with E-state index in [4.69, 9.17) is 32.7 Å². The number of likely N-dealkylation sites (tertiary alicyclic amines) is 1. The lowest BCUT2D eigenvalue weighted by Crippen LogP contribution is -2.30. The summed E-state index contributed by atoms with van der Waals surface area (Å²) in [6, 6.07) is 10.9. The van der Waals surface area contributed by atoms with Crippen LogP contribution in [0.1, 0.15) is 34.8 Å². The molecule has 0 aromatic heterocycles. The van der Waals surface area contributed by atoms with Gasteiger partial charge in [0, 0.05) is 12.1 Å². The van der Waals surface area contributed by atoms with Gasteiger partial charge in [-0.1, -0.05) is 29.3 Å². The SMILES string of the molecule is O=C(c1ccc2c(c1)OCCO2)N1CCCC1c1ccc(Cl)c(Cl)c1. The van der Waals surface area contributed by atoms with Crippen molar-refractivity contribution in [2.24, 2.45) is 0 Å². The summed E-state index contributed by atoms with van der Waals surface area (Å²) in [6.07, 6.45) is 1.87. The zero-order chi connectivity index (χ0) is 17.4. The molecule has 1 unspecified atom stereocenters. The predicted octanol–water partition coefficient (Wildman–Crippen LogP) is 4.74. The molecular formula is C19H17Cl2NO3. The van der Waals surface area contributed by atoms with Crippen molar-refractivity contribution in [3.05, 3.63) is 57.6 Å². The maximum atomic E-state index is 13.0. The summed E-state index contributed by atoms with van der Waals surface area (Å²) < 4.78 is 11.1. The fourth-order valence-electron chi connectivity index (χ4n) is 3.42. The number of carbonyl (C=O) groups excluding carboxylic acids is 1. The number of halogens is 2. The van der Waals surface area contributed by atoms with Gasteiger partial charge in [-0.05, 0) is 48.7 Å². The van der Waals surface area contributed by atoms with Gasteiger partial charge in [-0.2, -0.15) is 0 Å². The molecule has 0 saturated carbocycles. The fraction of sp³-hybridized carbons (Fsp3) is 0.316. The van der Waals surface area contributed by atoms with E-state index in [1.165, 1.54) is 0 Å². The zero-order valence-electron chi connectivity index (χ0n) is 13.5. The van der Waals surface area contributed by atoms with E-state index in [1.54, 1.807) is 24.3 Å². The van der Waals surface area contributed by atoms with Crippen molar-refractivity contribution < 1.29 is 14.3 Å². The molecule has 2 aliphatic rings. The quantitative estimate of drug-likeness (QED) is 0.758. The number of carbonyl (C=O) groups is 1. The van der Waals surface area contributed by atoms with Crippen LogP contribution in [0.15, 0.2) is 36.4 Å². The molecule has 6 heteroatoms. The summed E-state index contributed by atoms with van der Waals surface area (Å²) in [6.45, 7) is 1.75. The summed E-state index contributed by atoms with van der Waals surface area (Å²) in [5, 5.41) is 1.03. The van der Waals surface area contributed by atoms with E-state index in [9.17, 15) is 4.79 Å². The highest BCUT2D eigenvalue weighted by molar-refractivity contribution is 6.42. The first-order valence-electron chi connectivity index (χ1n) is 8.29. The lowest BCUT2D eigenvalue weighted by Gasteiger charge is -2.26. The second kappa shape index (κ2) is 6.77. The van der Waals surface area contributed by atoms with Crippen LogP contribution >= 0.6 is 23.2 Å². The second-order valence-electron chi connectivity index (χ2n) is 6.19. The van der Waals surface area contributed by atoms with Crippen molar-refractivity contribution in [3.8, 4) is 11.5 Å². The van der Waals surface area contributed by atoms with E-state index in [0.717, 1.165) is 24.9 Å². The molecule has 2 heterocycles. The lowest BCUT2D eigenvalue weighted by atomic mass is 10.0. The van der Waals surface area contributed by atoms with Gasteiger partial charge >= 0.3 is 0 Å². The summed E-state index contributed by atoms with van der Waals surface area (Å²) in [7, 11) is 0. The van der Waals surface area contributed by atoms with E-state index in [1.807, 2.05) is 17.0 Å². The third-order valence-electron chi connectivity index (χ3n) is 4.63. The third-order valence-corrected chi connectivity index (χ3v) is 5.37. The Hall–Kier alpha value is -1.91. The third kappa shape index (κ3) is 3.16. The van der Waals surface area contributed by atoms with E-state index >= 15 is 0 Å². The average molecular weight is 378 g/mol. The van der Waals surface area contributed by atoms with Crippen molar-refractivity contribution in [2.45, 2.75) is 18.9 Å². The first-order chi connectivity index (χ1) is 12.1. The van der Waals surface area contributed by atoms with Crippen LogP contribution < -0.4 is 9.47 Å². The van der Waals surface area contributed by atoms with Crippen LogP contribution in [0.4, 0.5) is 0 Å². The lowest BCUT2D eigenvalue weighted by molar-refractivity contribution is 0.0734. The van der Waals surface area contributed by atoms with Gasteiger partial charge in [-0.25, -0.2) is 0 Å². The molecule has 0 N–H and O–H groups in total. The number of nitrogens with zero attached hydrogens (tertiary/aromatic N) is 1. The monoisotopic (exact) mass is 377 g/mol. The Bertz CT molecular complexity index is 824. The molecule has 1 amide bonds. The van der Waals surface area contributed by atoms with Crippen molar-refractivity contribution >= 4 is 29.1 Å². The predicted molar refractivity (Wildman–Crippen MR) is 96.9 cm³/mol. The molecule has 0 radical (unpaired) electrons. The number of benzene rings is 2. The molecular weight excluding hydrogens is 361 g/mol. The molecule has 4 nitrogen and oxygen atoms in total. The normalized spacial score (nSPS) is 19.1. The molecule has 0 bridgehead atoms. The minimum atomic E-state index is -0.00875. The van der Waals surface area contributed by atoms with Crippen LogP contribution in [0.3, 0.4) is 0 Å². The van der Waals surface area contributed by atoms with E-state index in [2.05, 4.69) is 0 Å². The van der Waals surface area contributed by atoms with Gasteiger partial charge in [-0.15, -0.1) is 0 Å². The highest BCUT2D eigenvalue weighted by Crippen LogP contribution is 2.37. The van der Waals surface area contributed by atoms with Gasteiger partial charge in [0.2, 0.25) is 0 Å². The molecule has 130 valence electrons. The van der Waals surface area contributed by atoms with Gasteiger partial charge < -0.3 is 14.4 Å². The fourth-order valence-corrected chi connectivity index (χ4v) is 3.72. The minimum Gasteiger partial charge on any atom is -0.486 e. The molecule has 2 aliphatic heterocycles. The standard InChI is InChI=1S/C19H17Cl2NO3/c20-14-5-3-12(10-15(14)21)16-2-1-7-22(16)19(23)13-4-6-17-18(11-13)25-9-8-24-17/h3-6,10-11,16H,1-2,7-9H2. The molecule has 1 fully saturated rings. The van der Waals surface area contributed by atoms with E-state index < -0.39 is 0 Å². The summed E-state index contributed by atoms with van der Waals surface area (Å²) in [5.41, 5.74) is 1.62. The summed E-state index contributed by atoms with van der Waals surface area (Å²) >= 11 is 12.2. The number of rotatable bonds is 2. The van der Waals surface area contributed by atoms with Gasteiger partial charge in [0.05, 0.1) is 16.1 Å². The maximum Gasteiger partial charge on any atom is 0.254 e. The molecule has 0 aliphatic carbocycles. The average Bonchev–Trinajstić information content (AvgIpc) is 3.12. The topological polar surface area (TPSA) is 38.8 Å². The number of fused-ring (bicyclic) bond motifs is 1. The first kappa shape index (κ1) is 16.6. The second-order valence-corrected chi connectivity index (χ2v) is 7.00. The van der Waals surface area contributed by atoms with E-state index in [-0.39, 0.29) is 11.9 Å². The molecule has 4 rings (SSSR count). The van der Waals surface area contributed by atoms with Crippen LogP contribution in [-0.4, -0.2) is 30.6 Å². The molecule has 25 heavy (non-hydrogen) atoms. The maximum absolute atomic E-state index is 13.0. The Morgan fingerprint density at radius 3 is 2.60 bits per heavy atom. The molecule has 1 atom stereocenters. The highest BCUT2D eigenvalue weighted by Gasteiger charge is 2.31. The minimum absolute atomic E-state index is 0.00875. The van der Waals surface area contributed by atoms with Crippen molar-refractivity contribution in [2.75, 3.05) is 19.8 Å². The van der Waals surface area contributed by atoms with Gasteiger partial charge in [0.25, 0.3) is 5.91 Å². The summed E-state index contributed by atoms with van der Waals surface area (Å²) in [5.74, 6) is 1.30. The Labute approximate surface area is 156 Å². The zero-order valence-corrected chi connectivity index (χ0v) is 15.0. The molecule has 1 saturated heterocycles. The van der Waals surface area contributed by atoms with E-state index in [0.29, 0.717) is 40.3 Å². The van der Waals surface area contributed by atoms with Crippen molar-refractivity contribution in [3.63, 3.8) is 0 Å². The van der Waals surface area contributed by atoms with Crippen molar-refractivity contribution in [1.29, 1.82) is 0 Å². The van der Waals surface area contributed by atoms with Gasteiger partial charge in [-0.3, -0.25) is 4.79 Å². The van der Waals surface area contributed by atoms with Crippen LogP contribution in [0.5, 0.6) is 11.5 Å². The van der Waals surface area contributed by atoms with Gasteiger partial charge in [0.1, 0.15) is 13.2 Å². The Morgan fingerprint density at radius 1 is 1.00 bits per heavy atom.